The monoisotopic (exact) mass is 703 g/mol. The van der Waals surface area contributed by atoms with Crippen molar-refractivity contribution in [3.63, 3.8) is 0 Å². The molecular formula is C40H78O7S. The van der Waals surface area contributed by atoms with Crippen molar-refractivity contribution in [2.75, 3.05) is 0 Å². The van der Waals surface area contributed by atoms with Gasteiger partial charge in [0.1, 0.15) is 0 Å². The Kier molecular flexibility index (Phi) is 31.0. The van der Waals surface area contributed by atoms with Gasteiger partial charge in [0.05, 0.1) is 5.41 Å². The van der Waals surface area contributed by atoms with Crippen LogP contribution in [0.3, 0.4) is 0 Å². The molecule has 0 heterocycles. The fourth-order valence-electron chi connectivity index (χ4n) is 7.34. The van der Waals surface area contributed by atoms with E-state index >= 15 is 0 Å². The van der Waals surface area contributed by atoms with Crippen molar-refractivity contribution >= 4 is 22.1 Å². The highest BCUT2D eigenvalue weighted by Gasteiger charge is 2.55. The molecule has 0 rings (SSSR count). The summed E-state index contributed by atoms with van der Waals surface area (Å²) in [5, 5.41) is 17.6. The maximum atomic E-state index is 12.6. The zero-order chi connectivity index (χ0) is 35.8. The van der Waals surface area contributed by atoms with Gasteiger partial charge in [-0.2, -0.15) is 8.42 Å². The van der Waals surface area contributed by atoms with Crippen LogP contribution in [0.25, 0.3) is 0 Å². The number of unbranched alkanes of at least 4 members (excludes halogenated alkanes) is 30. The third kappa shape index (κ3) is 24.9. The van der Waals surface area contributed by atoms with Crippen LogP contribution in [-0.4, -0.2) is 40.4 Å². The molecule has 286 valence electrons. The summed E-state index contributed by atoms with van der Waals surface area (Å²) in [6, 6.07) is 0. The van der Waals surface area contributed by atoms with Gasteiger partial charge in [0.2, 0.25) is 0 Å². The van der Waals surface area contributed by atoms with E-state index < -0.39 is 32.7 Å². The molecule has 0 bridgehead atoms. The molecule has 0 aliphatic rings. The van der Waals surface area contributed by atoms with Gasteiger partial charge in [-0.05, 0) is 12.8 Å². The van der Waals surface area contributed by atoms with Crippen LogP contribution in [0.1, 0.15) is 232 Å². The van der Waals surface area contributed by atoms with Crippen molar-refractivity contribution in [3.8, 4) is 0 Å². The first-order chi connectivity index (χ1) is 23.1. The van der Waals surface area contributed by atoms with Crippen LogP contribution >= 0.6 is 0 Å². The van der Waals surface area contributed by atoms with E-state index in [0.717, 1.165) is 51.4 Å². The number of hydrogen-bond donors (Lipinski definition) is 3. The van der Waals surface area contributed by atoms with E-state index in [-0.39, 0.29) is 12.8 Å². The minimum absolute atomic E-state index is 0.0593. The molecule has 8 heteroatoms. The van der Waals surface area contributed by atoms with Gasteiger partial charge < -0.3 is 10.2 Å². The van der Waals surface area contributed by atoms with Gasteiger partial charge in [-0.15, -0.1) is 0 Å². The summed E-state index contributed by atoms with van der Waals surface area (Å²) in [6.07, 6.45) is 37.3. The molecule has 0 saturated carbocycles. The molecule has 0 aliphatic carbocycles. The zero-order valence-electron chi connectivity index (χ0n) is 31.5. The highest BCUT2D eigenvalue weighted by Crippen LogP contribution is 2.39. The topological polar surface area (TPSA) is 129 Å². The molecule has 0 aromatic rings. The lowest BCUT2D eigenvalue weighted by Gasteiger charge is -2.33. The fourth-order valence-corrected chi connectivity index (χ4v) is 8.50. The van der Waals surface area contributed by atoms with Gasteiger partial charge in [-0.3, -0.25) is 14.1 Å². The third-order valence-corrected chi connectivity index (χ3v) is 11.7. The van der Waals surface area contributed by atoms with Gasteiger partial charge in [0, 0.05) is 0 Å². The van der Waals surface area contributed by atoms with Crippen LogP contribution in [0.5, 0.6) is 0 Å². The van der Waals surface area contributed by atoms with Crippen molar-refractivity contribution in [3.05, 3.63) is 0 Å². The number of rotatable bonds is 38. The van der Waals surface area contributed by atoms with Crippen LogP contribution < -0.4 is 0 Å². The second kappa shape index (κ2) is 31.8. The third-order valence-electron chi connectivity index (χ3n) is 10.4. The lowest BCUT2D eigenvalue weighted by molar-refractivity contribution is -0.156. The summed E-state index contributed by atoms with van der Waals surface area (Å²) in [5.74, 6) is -3.22. The van der Waals surface area contributed by atoms with Gasteiger partial charge in [-0.1, -0.05) is 219 Å². The van der Waals surface area contributed by atoms with Gasteiger partial charge >= 0.3 is 11.9 Å². The highest BCUT2D eigenvalue weighted by molar-refractivity contribution is 7.87. The lowest BCUT2D eigenvalue weighted by atomic mass is 9.74. The Bertz CT molecular complexity index is 822. The van der Waals surface area contributed by atoms with Gasteiger partial charge in [-0.25, -0.2) is 0 Å². The summed E-state index contributed by atoms with van der Waals surface area (Å²) in [6.45, 7) is 4.49. The second-order valence-electron chi connectivity index (χ2n) is 14.8. The maximum Gasteiger partial charge on any atom is 0.325 e. The van der Waals surface area contributed by atoms with Crippen molar-refractivity contribution in [1.29, 1.82) is 0 Å². The van der Waals surface area contributed by atoms with Crippen LogP contribution in [0, 0.1) is 5.41 Å². The van der Waals surface area contributed by atoms with Crippen LogP contribution in [0.4, 0.5) is 0 Å². The zero-order valence-corrected chi connectivity index (χ0v) is 32.3. The number of carboxylic acids is 2. The molecule has 0 aliphatic heterocycles. The van der Waals surface area contributed by atoms with Crippen molar-refractivity contribution in [2.24, 2.45) is 5.41 Å². The first-order valence-electron chi connectivity index (χ1n) is 20.6. The number of carbonyl (C=O) groups is 2. The quantitative estimate of drug-likeness (QED) is 0.0431. The largest absolute Gasteiger partial charge is 0.481 e. The predicted octanol–water partition coefficient (Wildman–Crippen LogP) is 12.7. The van der Waals surface area contributed by atoms with Crippen molar-refractivity contribution < 1.29 is 32.8 Å². The SMILES string of the molecule is CCCCCCCCCCCCCCCCCCC(CCCCCCCCCCCCCCCCCC)(C(=O)O)C(C(=O)O)S(=O)(=O)O. The van der Waals surface area contributed by atoms with Crippen molar-refractivity contribution in [1.82, 2.24) is 0 Å². The van der Waals surface area contributed by atoms with E-state index in [4.69, 9.17) is 0 Å². The molecule has 0 amide bonds. The van der Waals surface area contributed by atoms with E-state index in [1.807, 2.05) is 0 Å². The van der Waals surface area contributed by atoms with Gasteiger partial charge in [0.25, 0.3) is 10.1 Å². The predicted molar refractivity (Wildman–Crippen MR) is 201 cm³/mol. The summed E-state index contributed by atoms with van der Waals surface area (Å²) in [7, 11) is -5.09. The normalized spacial score (nSPS) is 12.8. The molecule has 1 atom stereocenters. The van der Waals surface area contributed by atoms with Crippen molar-refractivity contribution in [2.45, 2.75) is 237 Å². The molecule has 48 heavy (non-hydrogen) atoms. The van der Waals surface area contributed by atoms with Crippen LogP contribution in [0.15, 0.2) is 0 Å². The molecule has 3 N–H and O–H groups in total. The number of hydrogen-bond acceptors (Lipinski definition) is 4. The Morgan fingerprint density at radius 2 is 0.646 bits per heavy atom. The average molecular weight is 703 g/mol. The Balaban J connectivity index is 4.38. The molecule has 0 saturated heterocycles. The standard InChI is InChI=1S/C40H78O7S/c1-3-5-7-9-11-13-15-17-19-21-23-25-27-29-31-33-35-40(39(43)44,37(38(41)42)48(45,46)47)36-34-32-30-28-26-24-22-20-18-16-14-12-10-8-6-4-2/h37H,3-36H2,1-2H3,(H,41,42)(H,43,44)(H,45,46,47). The second-order valence-corrected chi connectivity index (χ2v) is 16.3. The Morgan fingerprint density at radius 3 is 0.812 bits per heavy atom. The first kappa shape index (κ1) is 46.9. The molecule has 0 aromatic carbocycles. The smallest absolute Gasteiger partial charge is 0.325 e. The molecule has 0 radical (unpaired) electrons. The van der Waals surface area contributed by atoms with E-state index in [1.54, 1.807) is 0 Å². The minimum atomic E-state index is -5.09. The lowest BCUT2D eigenvalue weighted by Crippen LogP contribution is -2.51. The summed E-state index contributed by atoms with van der Waals surface area (Å²) < 4.78 is 34.2. The number of carboxylic acid groups (broad SMARTS) is 2. The molecular weight excluding hydrogens is 625 g/mol. The Morgan fingerprint density at radius 1 is 0.438 bits per heavy atom. The molecule has 0 spiro atoms. The fraction of sp³-hybridized carbons (Fsp3) is 0.950. The summed E-state index contributed by atoms with van der Waals surface area (Å²) >= 11 is 0. The molecule has 1 unspecified atom stereocenters. The summed E-state index contributed by atoms with van der Waals surface area (Å²) in [4.78, 5) is 24.6. The Hall–Kier alpha value is -1.15. The average Bonchev–Trinajstić information content (AvgIpc) is 3.03. The highest BCUT2D eigenvalue weighted by atomic mass is 32.2. The van der Waals surface area contributed by atoms with Gasteiger partial charge in [0.15, 0.2) is 5.25 Å². The van der Waals surface area contributed by atoms with E-state index in [9.17, 15) is 32.8 Å². The van der Waals surface area contributed by atoms with Crippen LogP contribution in [0.2, 0.25) is 0 Å². The Labute approximate surface area is 297 Å². The molecule has 0 fully saturated rings. The number of aliphatic carboxylic acids is 2. The first-order valence-corrected chi connectivity index (χ1v) is 22.1. The van der Waals surface area contributed by atoms with E-state index in [0.29, 0.717) is 12.8 Å². The molecule has 0 aromatic heterocycles. The minimum Gasteiger partial charge on any atom is -0.481 e. The molecule has 7 nitrogen and oxygen atoms in total. The summed E-state index contributed by atoms with van der Waals surface area (Å²) in [5.41, 5.74) is -2.02. The van der Waals surface area contributed by atoms with Crippen LogP contribution in [-0.2, 0) is 19.7 Å². The van der Waals surface area contributed by atoms with E-state index in [1.165, 1.54) is 141 Å². The maximum absolute atomic E-state index is 12.6. The van der Waals surface area contributed by atoms with E-state index in [2.05, 4.69) is 13.8 Å².